The van der Waals surface area contributed by atoms with E-state index in [4.69, 9.17) is 16.3 Å². The molecule has 0 amide bonds. The van der Waals surface area contributed by atoms with Gasteiger partial charge < -0.3 is 10.1 Å². The Morgan fingerprint density at radius 3 is 2.76 bits per heavy atom. The zero-order chi connectivity index (χ0) is 12.3. The second-order valence-electron chi connectivity index (χ2n) is 4.07. The molecular weight excluding hydrogens is 234 g/mol. The maximum Gasteiger partial charge on any atom is 0.120 e. The predicted octanol–water partition coefficient (Wildman–Crippen LogP) is 3.89. The van der Waals surface area contributed by atoms with Gasteiger partial charge in [-0.05, 0) is 44.1 Å². The normalized spacial score (nSPS) is 10.5. The predicted molar refractivity (Wildman–Crippen MR) is 74.0 cm³/mol. The van der Waals surface area contributed by atoms with E-state index in [1.165, 1.54) is 19.3 Å². The molecule has 0 heterocycles. The van der Waals surface area contributed by atoms with Gasteiger partial charge in [-0.25, -0.2) is 0 Å². The minimum absolute atomic E-state index is 0.730. The molecule has 0 atom stereocenters. The van der Waals surface area contributed by atoms with Crippen molar-refractivity contribution in [1.82, 2.24) is 5.32 Å². The third-order valence-electron chi connectivity index (χ3n) is 2.56. The van der Waals surface area contributed by atoms with Crippen LogP contribution >= 0.6 is 11.6 Å². The molecule has 0 saturated heterocycles. The molecule has 0 bridgehead atoms. The van der Waals surface area contributed by atoms with E-state index in [0.29, 0.717) is 0 Å². The monoisotopic (exact) mass is 255 g/mol. The summed E-state index contributed by atoms with van der Waals surface area (Å²) in [7, 11) is 0. The van der Waals surface area contributed by atoms with Crippen molar-refractivity contribution in [3.63, 3.8) is 0 Å². The summed E-state index contributed by atoms with van der Waals surface area (Å²) in [6.07, 6.45) is 4.86. The third kappa shape index (κ3) is 7.24. The Morgan fingerprint density at radius 2 is 2.00 bits per heavy atom. The van der Waals surface area contributed by atoms with Crippen LogP contribution in [0.3, 0.4) is 0 Å². The van der Waals surface area contributed by atoms with Crippen molar-refractivity contribution in [2.45, 2.75) is 32.6 Å². The van der Waals surface area contributed by atoms with Crippen molar-refractivity contribution in [3.8, 4) is 5.75 Å². The van der Waals surface area contributed by atoms with Crippen molar-refractivity contribution < 1.29 is 4.74 Å². The lowest BCUT2D eigenvalue weighted by atomic mass is 10.2. The molecule has 1 N–H and O–H groups in total. The van der Waals surface area contributed by atoms with Crippen LogP contribution in [-0.2, 0) is 0 Å². The van der Waals surface area contributed by atoms with E-state index in [-0.39, 0.29) is 0 Å². The van der Waals surface area contributed by atoms with Crippen molar-refractivity contribution in [1.29, 1.82) is 0 Å². The van der Waals surface area contributed by atoms with Gasteiger partial charge in [0.05, 0.1) is 6.61 Å². The highest BCUT2D eigenvalue weighted by Crippen LogP contribution is 2.17. The van der Waals surface area contributed by atoms with Crippen LogP contribution in [-0.4, -0.2) is 19.7 Å². The molecule has 17 heavy (non-hydrogen) atoms. The molecule has 0 aliphatic rings. The Kier molecular flexibility index (Phi) is 7.85. The second-order valence-corrected chi connectivity index (χ2v) is 4.51. The van der Waals surface area contributed by atoms with Gasteiger partial charge in [-0.15, -0.1) is 0 Å². The summed E-state index contributed by atoms with van der Waals surface area (Å²) < 4.78 is 5.61. The van der Waals surface area contributed by atoms with Gasteiger partial charge >= 0.3 is 0 Å². The lowest BCUT2D eigenvalue weighted by Gasteiger charge is -2.06. The maximum atomic E-state index is 5.87. The van der Waals surface area contributed by atoms with Crippen molar-refractivity contribution in [2.75, 3.05) is 19.7 Å². The van der Waals surface area contributed by atoms with Crippen molar-refractivity contribution >= 4 is 11.6 Å². The van der Waals surface area contributed by atoms with Gasteiger partial charge in [-0.1, -0.05) is 37.4 Å². The van der Waals surface area contributed by atoms with Gasteiger partial charge in [0.1, 0.15) is 5.75 Å². The Bertz CT molecular complexity index is 304. The van der Waals surface area contributed by atoms with Gasteiger partial charge in [-0.3, -0.25) is 0 Å². The molecule has 3 heteroatoms. The number of rotatable bonds is 9. The van der Waals surface area contributed by atoms with E-state index in [0.717, 1.165) is 36.9 Å². The standard InChI is InChI=1S/C14H22ClNO/c1-2-16-10-5-3-4-6-11-17-14-9-7-8-13(15)12-14/h7-9,12,16H,2-6,10-11H2,1H3. The topological polar surface area (TPSA) is 21.3 Å². The van der Waals surface area contributed by atoms with Crippen molar-refractivity contribution in [3.05, 3.63) is 29.3 Å². The summed E-state index contributed by atoms with van der Waals surface area (Å²) in [5.41, 5.74) is 0. The average Bonchev–Trinajstić information content (AvgIpc) is 2.33. The molecule has 0 aliphatic carbocycles. The minimum Gasteiger partial charge on any atom is -0.494 e. The highest BCUT2D eigenvalue weighted by atomic mass is 35.5. The van der Waals surface area contributed by atoms with Crippen LogP contribution in [0, 0.1) is 0 Å². The third-order valence-corrected chi connectivity index (χ3v) is 2.80. The van der Waals surface area contributed by atoms with E-state index in [1.807, 2.05) is 24.3 Å². The maximum absolute atomic E-state index is 5.87. The highest BCUT2D eigenvalue weighted by Gasteiger charge is 1.95. The fraction of sp³-hybridized carbons (Fsp3) is 0.571. The van der Waals surface area contributed by atoms with Gasteiger partial charge in [-0.2, -0.15) is 0 Å². The number of ether oxygens (including phenoxy) is 1. The number of hydrogen-bond acceptors (Lipinski definition) is 2. The molecular formula is C14H22ClNO. The molecule has 0 radical (unpaired) electrons. The van der Waals surface area contributed by atoms with Crippen LogP contribution in [0.1, 0.15) is 32.6 Å². The summed E-state index contributed by atoms with van der Waals surface area (Å²) >= 11 is 5.87. The van der Waals surface area contributed by atoms with Crippen LogP contribution in [0.4, 0.5) is 0 Å². The van der Waals surface area contributed by atoms with Gasteiger partial charge in [0.25, 0.3) is 0 Å². The molecule has 1 aromatic carbocycles. The number of hydrogen-bond donors (Lipinski definition) is 1. The summed E-state index contributed by atoms with van der Waals surface area (Å²) in [6, 6.07) is 7.56. The quantitative estimate of drug-likeness (QED) is 0.676. The Balaban J connectivity index is 1.97. The molecule has 0 unspecified atom stereocenters. The molecule has 0 fully saturated rings. The summed E-state index contributed by atoms with van der Waals surface area (Å²) in [5, 5.41) is 4.06. The fourth-order valence-corrected chi connectivity index (χ4v) is 1.81. The molecule has 0 aromatic heterocycles. The first kappa shape index (κ1) is 14.3. The van der Waals surface area contributed by atoms with E-state index in [9.17, 15) is 0 Å². The van der Waals surface area contributed by atoms with Crippen molar-refractivity contribution in [2.24, 2.45) is 0 Å². The van der Waals surface area contributed by atoms with Crippen LogP contribution < -0.4 is 10.1 Å². The molecule has 2 nitrogen and oxygen atoms in total. The number of halogens is 1. The zero-order valence-electron chi connectivity index (χ0n) is 10.5. The Hall–Kier alpha value is -0.730. The molecule has 0 saturated carbocycles. The SMILES string of the molecule is CCNCCCCCCOc1cccc(Cl)c1. The smallest absolute Gasteiger partial charge is 0.120 e. The van der Waals surface area contributed by atoms with Crippen LogP contribution in [0.15, 0.2) is 24.3 Å². The number of unbranched alkanes of at least 4 members (excludes halogenated alkanes) is 3. The average molecular weight is 256 g/mol. The Morgan fingerprint density at radius 1 is 1.18 bits per heavy atom. The van der Waals surface area contributed by atoms with Crippen LogP contribution in [0.2, 0.25) is 5.02 Å². The zero-order valence-corrected chi connectivity index (χ0v) is 11.3. The lowest BCUT2D eigenvalue weighted by Crippen LogP contribution is -2.13. The number of benzene rings is 1. The van der Waals surface area contributed by atoms with E-state index < -0.39 is 0 Å². The summed E-state index contributed by atoms with van der Waals surface area (Å²) in [4.78, 5) is 0. The summed E-state index contributed by atoms with van der Waals surface area (Å²) in [6.45, 7) is 5.11. The first-order valence-electron chi connectivity index (χ1n) is 6.42. The van der Waals surface area contributed by atoms with E-state index >= 15 is 0 Å². The first-order valence-corrected chi connectivity index (χ1v) is 6.80. The van der Waals surface area contributed by atoms with Crippen LogP contribution in [0.25, 0.3) is 0 Å². The molecule has 0 spiro atoms. The first-order chi connectivity index (χ1) is 8.33. The lowest BCUT2D eigenvalue weighted by molar-refractivity contribution is 0.304. The molecule has 0 aliphatic heterocycles. The minimum atomic E-state index is 0.730. The van der Waals surface area contributed by atoms with Gasteiger partial charge in [0, 0.05) is 5.02 Å². The largest absolute Gasteiger partial charge is 0.494 e. The Labute approximate surface area is 109 Å². The highest BCUT2D eigenvalue weighted by molar-refractivity contribution is 6.30. The van der Waals surface area contributed by atoms with E-state index in [2.05, 4.69) is 12.2 Å². The van der Waals surface area contributed by atoms with E-state index in [1.54, 1.807) is 0 Å². The second kappa shape index (κ2) is 9.32. The summed E-state index contributed by atoms with van der Waals surface area (Å²) in [5.74, 6) is 0.866. The molecule has 96 valence electrons. The van der Waals surface area contributed by atoms with Gasteiger partial charge in [0.2, 0.25) is 0 Å². The molecule has 1 rings (SSSR count). The number of nitrogens with one attached hydrogen (secondary N) is 1. The molecule has 1 aromatic rings. The van der Waals surface area contributed by atoms with Crippen LogP contribution in [0.5, 0.6) is 5.75 Å². The van der Waals surface area contributed by atoms with Gasteiger partial charge in [0.15, 0.2) is 0 Å². The fourth-order valence-electron chi connectivity index (χ4n) is 1.63.